The molecule has 0 radical (unpaired) electrons. The number of fused-ring (bicyclic) bond motifs is 1. The maximum atomic E-state index is 12.9. The van der Waals surface area contributed by atoms with E-state index in [0.717, 1.165) is 11.3 Å². The third-order valence-corrected chi connectivity index (χ3v) is 5.71. The molecule has 28 heavy (non-hydrogen) atoms. The molecule has 1 aromatic carbocycles. The van der Waals surface area contributed by atoms with Crippen molar-refractivity contribution in [2.75, 3.05) is 12.4 Å². The highest BCUT2D eigenvalue weighted by Gasteiger charge is 2.23. The van der Waals surface area contributed by atoms with Crippen LogP contribution in [0.2, 0.25) is 5.02 Å². The van der Waals surface area contributed by atoms with E-state index in [9.17, 15) is 19.5 Å². The van der Waals surface area contributed by atoms with Crippen LogP contribution in [0, 0.1) is 6.92 Å². The van der Waals surface area contributed by atoms with Gasteiger partial charge in [-0.15, -0.1) is 11.3 Å². The first-order valence-electron chi connectivity index (χ1n) is 8.12. The van der Waals surface area contributed by atoms with Crippen LogP contribution in [-0.2, 0) is 4.79 Å². The zero-order valence-corrected chi connectivity index (χ0v) is 16.7. The van der Waals surface area contributed by atoms with Gasteiger partial charge in [0.05, 0.1) is 24.5 Å². The number of rotatable bonds is 5. The molecule has 3 aromatic rings. The van der Waals surface area contributed by atoms with Gasteiger partial charge in [0.15, 0.2) is 0 Å². The average molecular weight is 422 g/mol. The maximum absolute atomic E-state index is 12.9. The molecule has 0 aliphatic carbocycles. The van der Waals surface area contributed by atoms with Crippen LogP contribution < -0.4 is 15.6 Å². The van der Waals surface area contributed by atoms with E-state index >= 15 is 0 Å². The van der Waals surface area contributed by atoms with Crippen LogP contribution >= 0.6 is 22.9 Å². The van der Waals surface area contributed by atoms with Gasteiger partial charge in [0, 0.05) is 5.02 Å². The molecule has 2 N–H and O–H groups in total. The molecular formula is C18H16ClN3O5S. The number of carbonyl (C=O) groups is 2. The van der Waals surface area contributed by atoms with Gasteiger partial charge in [-0.2, -0.15) is 0 Å². The van der Waals surface area contributed by atoms with Crippen molar-refractivity contribution in [3.63, 3.8) is 0 Å². The minimum Gasteiger partial charge on any atom is -0.495 e. The predicted molar refractivity (Wildman–Crippen MR) is 107 cm³/mol. The fraction of sp³-hybridized carbons (Fsp3) is 0.222. The lowest BCUT2D eigenvalue weighted by molar-refractivity contribution is -0.118. The summed E-state index contributed by atoms with van der Waals surface area (Å²) < 4.78 is 6.37. The Balaban J connectivity index is 1.98. The molecule has 8 nitrogen and oxygen atoms in total. The Bertz CT molecular complexity index is 1150. The number of anilines is 1. The number of nitrogens with one attached hydrogen (secondary N) is 1. The fourth-order valence-corrected chi connectivity index (χ4v) is 3.91. The number of thiophene rings is 1. The number of hydrogen-bond acceptors (Lipinski definition) is 6. The van der Waals surface area contributed by atoms with E-state index < -0.39 is 23.5 Å². The van der Waals surface area contributed by atoms with Gasteiger partial charge in [0.2, 0.25) is 5.91 Å². The van der Waals surface area contributed by atoms with E-state index in [1.807, 2.05) is 0 Å². The van der Waals surface area contributed by atoms with Gasteiger partial charge >= 0.3 is 5.97 Å². The number of methoxy groups -OCH3 is 1. The van der Waals surface area contributed by atoms with Crippen molar-refractivity contribution in [3.8, 4) is 5.75 Å². The molecule has 0 saturated carbocycles. The number of aromatic nitrogens is 2. The molecule has 1 atom stereocenters. The molecule has 0 fully saturated rings. The molecular weight excluding hydrogens is 406 g/mol. The van der Waals surface area contributed by atoms with Crippen LogP contribution in [0.3, 0.4) is 0 Å². The first kappa shape index (κ1) is 19.8. The van der Waals surface area contributed by atoms with Gasteiger partial charge in [0.25, 0.3) is 5.56 Å². The van der Waals surface area contributed by atoms with Crippen molar-refractivity contribution < 1.29 is 19.4 Å². The largest absolute Gasteiger partial charge is 0.495 e. The summed E-state index contributed by atoms with van der Waals surface area (Å²) in [6, 6.07) is 3.88. The molecule has 0 aliphatic rings. The van der Waals surface area contributed by atoms with Gasteiger partial charge in [-0.1, -0.05) is 11.6 Å². The van der Waals surface area contributed by atoms with Crippen LogP contribution in [0.15, 0.2) is 29.3 Å². The molecule has 3 rings (SSSR count). The molecule has 1 unspecified atom stereocenters. The first-order valence-corrected chi connectivity index (χ1v) is 9.32. The molecule has 2 aromatic heterocycles. The number of aromatic carboxylic acids is 1. The predicted octanol–water partition coefficient (Wildman–Crippen LogP) is 3.33. The molecule has 2 heterocycles. The SMILES string of the molecule is COc1ccc(Cl)cc1NC(=O)C(C)n1cnc2sc(C(=O)O)c(C)c2c1=O. The second-order valence-corrected chi connectivity index (χ2v) is 7.44. The summed E-state index contributed by atoms with van der Waals surface area (Å²) in [6.45, 7) is 3.10. The second-order valence-electron chi connectivity index (χ2n) is 6.01. The number of carboxylic acid groups (broad SMARTS) is 1. The van der Waals surface area contributed by atoms with Crippen molar-refractivity contribution in [3.05, 3.63) is 50.3 Å². The number of hydrogen-bond donors (Lipinski definition) is 2. The normalized spacial score (nSPS) is 12.0. The summed E-state index contributed by atoms with van der Waals surface area (Å²) in [4.78, 5) is 41.4. The van der Waals surface area contributed by atoms with E-state index in [4.69, 9.17) is 16.3 Å². The molecule has 1 amide bonds. The van der Waals surface area contributed by atoms with Crippen LogP contribution in [0.1, 0.15) is 28.2 Å². The highest BCUT2D eigenvalue weighted by molar-refractivity contribution is 7.20. The highest BCUT2D eigenvalue weighted by atomic mass is 35.5. The number of ether oxygens (including phenoxy) is 1. The monoisotopic (exact) mass is 421 g/mol. The van der Waals surface area contributed by atoms with Crippen LogP contribution in [0.4, 0.5) is 5.69 Å². The third-order valence-electron chi connectivity index (χ3n) is 4.29. The number of amides is 1. The lowest BCUT2D eigenvalue weighted by Crippen LogP contribution is -2.31. The van der Waals surface area contributed by atoms with Crippen molar-refractivity contribution in [1.29, 1.82) is 0 Å². The number of halogens is 1. The summed E-state index contributed by atoms with van der Waals surface area (Å²) in [5.41, 5.74) is 0.226. The minimum absolute atomic E-state index is 0.0538. The number of carbonyl (C=O) groups excluding carboxylic acids is 1. The second kappa shape index (κ2) is 7.61. The van der Waals surface area contributed by atoms with Gasteiger partial charge in [-0.05, 0) is 37.6 Å². The zero-order valence-electron chi connectivity index (χ0n) is 15.1. The Morgan fingerprint density at radius 1 is 1.39 bits per heavy atom. The summed E-state index contributed by atoms with van der Waals surface area (Å²) in [5.74, 6) is -1.17. The van der Waals surface area contributed by atoms with Crippen molar-refractivity contribution >= 4 is 50.7 Å². The highest BCUT2D eigenvalue weighted by Crippen LogP contribution is 2.29. The minimum atomic E-state index is -1.12. The quantitative estimate of drug-likeness (QED) is 0.653. The van der Waals surface area contributed by atoms with Gasteiger partial charge in [-0.25, -0.2) is 9.78 Å². The number of nitrogens with zero attached hydrogens (tertiary/aromatic N) is 2. The maximum Gasteiger partial charge on any atom is 0.346 e. The van der Waals surface area contributed by atoms with Gasteiger partial charge < -0.3 is 15.2 Å². The number of carboxylic acids is 1. The Morgan fingerprint density at radius 3 is 2.75 bits per heavy atom. The van der Waals surface area contributed by atoms with E-state index in [1.54, 1.807) is 26.0 Å². The Kier molecular flexibility index (Phi) is 5.39. The third kappa shape index (κ3) is 3.46. The van der Waals surface area contributed by atoms with Gasteiger partial charge in [0.1, 0.15) is 21.5 Å². The van der Waals surface area contributed by atoms with Crippen molar-refractivity contribution in [2.24, 2.45) is 0 Å². The van der Waals surface area contributed by atoms with E-state index in [-0.39, 0.29) is 10.3 Å². The zero-order chi connectivity index (χ0) is 20.6. The fourth-order valence-electron chi connectivity index (χ4n) is 2.76. The Hall–Kier alpha value is -2.91. The Morgan fingerprint density at radius 2 is 2.11 bits per heavy atom. The lowest BCUT2D eigenvalue weighted by atomic mass is 10.2. The van der Waals surface area contributed by atoms with Crippen LogP contribution in [-0.4, -0.2) is 33.6 Å². The average Bonchev–Trinajstić information content (AvgIpc) is 2.99. The van der Waals surface area contributed by atoms with Crippen LogP contribution in [0.25, 0.3) is 10.2 Å². The Labute approximate surface area is 168 Å². The molecule has 0 aliphatic heterocycles. The summed E-state index contributed by atoms with van der Waals surface area (Å²) in [5, 5.41) is 12.5. The molecule has 0 bridgehead atoms. The van der Waals surface area contributed by atoms with Crippen molar-refractivity contribution in [2.45, 2.75) is 19.9 Å². The summed E-state index contributed by atoms with van der Waals surface area (Å²) in [7, 11) is 1.46. The van der Waals surface area contributed by atoms with Gasteiger partial charge in [-0.3, -0.25) is 14.2 Å². The smallest absolute Gasteiger partial charge is 0.346 e. The van der Waals surface area contributed by atoms with Crippen molar-refractivity contribution in [1.82, 2.24) is 9.55 Å². The topological polar surface area (TPSA) is 111 Å². The molecule has 146 valence electrons. The molecule has 0 saturated heterocycles. The standard InChI is InChI=1S/C18H16ClN3O5S/c1-8-13-16(28-14(8)18(25)26)20-7-22(17(13)24)9(2)15(23)21-11-6-10(19)4-5-12(11)27-3/h4-7,9H,1-3H3,(H,21,23)(H,25,26). The lowest BCUT2D eigenvalue weighted by Gasteiger charge is -2.16. The number of aryl methyl sites for hydroxylation is 1. The van der Waals surface area contributed by atoms with Crippen LogP contribution in [0.5, 0.6) is 5.75 Å². The van der Waals surface area contributed by atoms with E-state index in [1.165, 1.54) is 24.1 Å². The summed E-state index contributed by atoms with van der Waals surface area (Å²) >= 11 is 6.90. The van der Waals surface area contributed by atoms with E-state index in [0.29, 0.717) is 26.9 Å². The van der Waals surface area contributed by atoms with E-state index in [2.05, 4.69) is 10.3 Å². The number of benzene rings is 1. The molecule has 0 spiro atoms. The summed E-state index contributed by atoms with van der Waals surface area (Å²) in [6.07, 6.45) is 1.24. The first-order chi connectivity index (χ1) is 13.2. The molecule has 10 heteroatoms.